The molecule has 1 heterocycles. The molecule has 0 bridgehead atoms. The molecule has 0 aromatic rings. The predicted molar refractivity (Wildman–Crippen MR) is 132 cm³/mol. The maximum absolute atomic E-state index is 13.3. The maximum Gasteiger partial charge on any atom is 0.437 e. The first-order valence-electron chi connectivity index (χ1n) is 11.1. The lowest BCUT2D eigenvalue weighted by Gasteiger charge is -2.42. The van der Waals surface area contributed by atoms with Crippen molar-refractivity contribution in [1.82, 2.24) is 19.6 Å². The summed E-state index contributed by atoms with van der Waals surface area (Å²) in [4.78, 5) is 48.4. The van der Waals surface area contributed by atoms with Crippen LogP contribution in [0.3, 0.4) is 0 Å². The highest BCUT2D eigenvalue weighted by Crippen LogP contribution is 2.18. The zero-order chi connectivity index (χ0) is 26.3. The van der Waals surface area contributed by atoms with E-state index >= 15 is 0 Å². The van der Waals surface area contributed by atoms with Gasteiger partial charge in [-0.3, -0.25) is 0 Å². The van der Waals surface area contributed by atoms with Gasteiger partial charge in [0.2, 0.25) is 5.96 Å². The minimum atomic E-state index is -0.859. The molecule has 1 rings (SSSR count). The van der Waals surface area contributed by atoms with Gasteiger partial charge in [-0.05, 0) is 54.0 Å². The standard InChI is InChI=1S/C24H39N5O5/c1-11-13-14-18(12-2)15-29(22(32)34-24(6,7)8)19(25-20(30)33-23(3,4)5)28-16-26(9)21(31)27(10)17-28/h11-14H,1,15-17H2,2-10H3/b14-13-,18-12+,25-19-. The minimum Gasteiger partial charge on any atom is -0.443 e. The van der Waals surface area contributed by atoms with E-state index in [9.17, 15) is 14.4 Å². The van der Waals surface area contributed by atoms with E-state index in [4.69, 9.17) is 9.47 Å². The molecule has 0 radical (unpaired) electrons. The summed E-state index contributed by atoms with van der Waals surface area (Å²) in [7, 11) is 3.25. The van der Waals surface area contributed by atoms with E-state index in [-0.39, 0.29) is 31.9 Å². The van der Waals surface area contributed by atoms with Crippen LogP contribution in [0.5, 0.6) is 0 Å². The number of nitrogens with zero attached hydrogens (tertiary/aromatic N) is 5. The molecule has 0 atom stereocenters. The summed E-state index contributed by atoms with van der Waals surface area (Å²) in [6.45, 7) is 16.2. The Morgan fingerprint density at radius 2 is 1.59 bits per heavy atom. The van der Waals surface area contributed by atoms with Gasteiger partial charge in [-0.25, -0.2) is 19.3 Å². The number of ether oxygens (including phenoxy) is 2. The van der Waals surface area contributed by atoms with Gasteiger partial charge >= 0.3 is 18.2 Å². The molecule has 0 aliphatic carbocycles. The smallest absolute Gasteiger partial charge is 0.437 e. The summed E-state index contributed by atoms with van der Waals surface area (Å²) >= 11 is 0. The zero-order valence-electron chi connectivity index (χ0n) is 21.9. The molecule has 0 unspecified atom stereocenters. The highest BCUT2D eigenvalue weighted by atomic mass is 16.6. The maximum atomic E-state index is 13.3. The number of urea groups is 1. The number of rotatable bonds is 4. The molecule has 34 heavy (non-hydrogen) atoms. The fourth-order valence-electron chi connectivity index (χ4n) is 2.91. The number of aliphatic imine (C=N–C) groups is 1. The predicted octanol–water partition coefficient (Wildman–Crippen LogP) is 4.42. The van der Waals surface area contributed by atoms with Crippen LogP contribution in [0, 0.1) is 0 Å². The van der Waals surface area contributed by atoms with Gasteiger partial charge in [-0.15, -0.1) is 4.99 Å². The molecule has 0 aromatic carbocycles. The molecule has 1 fully saturated rings. The highest BCUT2D eigenvalue weighted by molar-refractivity contribution is 5.99. The highest BCUT2D eigenvalue weighted by Gasteiger charge is 2.35. The Bertz CT molecular complexity index is 850. The molecule has 0 saturated carbocycles. The number of carbonyl (C=O) groups is 3. The van der Waals surface area contributed by atoms with Crippen LogP contribution in [0.1, 0.15) is 48.5 Å². The Kier molecular flexibility index (Phi) is 9.90. The van der Waals surface area contributed by atoms with Crippen molar-refractivity contribution in [2.45, 2.75) is 59.7 Å². The summed E-state index contributed by atoms with van der Waals surface area (Å²) in [5.41, 5.74) is -0.808. The molecule has 4 amide bonds. The molecule has 0 aromatic heterocycles. The molecule has 10 heteroatoms. The number of allylic oxidation sites excluding steroid dienone is 3. The van der Waals surface area contributed by atoms with Crippen LogP contribution in [0.4, 0.5) is 14.4 Å². The van der Waals surface area contributed by atoms with Crippen molar-refractivity contribution < 1.29 is 23.9 Å². The molecular weight excluding hydrogens is 438 g/mol. The lowest BCUT2D eigenvalue weighted by Crippen LogP contribution is -2.61. The van der Waals surface area contributed by atoms with E-state index in [2.05, 4.69) is 11.6 Å². The van der Waals surface area contributed by atoms with Crippen LogP contribution < -0.4 is 0 Å². The first-order chi connectivity index (χ1) is 15.6. The van der Waals surface area contributed by atoms with Gasteiger partial charge in [0.15, 0.2) is 0 Å². The topological polar surface area (TPSA) is 95.0 Å². The summed E-state index contributed by atoms with van der Waals surface area (Å²) in [6, 6.07) is -0.195. The van der Waals surface area contributed by atoms with Crippen LogP contribution in [-0.2, 0) is 9.47 Å². The SMILES string of the molecule is C=C/C=C\C(=C/C)CN(C(=O)OC(C)(C)C)/C(=N\C(=O)OC(C)(C)C)N1CN(C)C(=O)N(C)C1. The second kappa shape index (κ2) is 11.7. The fraction of sp³-hybridized carbons (Fsp3) is 0.583. The van der Waals surface area contributed by atoms with Gasteiger partial charge in [-0.1, -0.05) is 30.9 Å². The number of hydrogen-bond donors (Lipinski definition) is 0. The molecule has 1 aliphatic rings. The molecular formula is C24H39N5O5. The van der Waals surface area contributed by atoms with Gasteiger partial charge < -0.3 is 24.2 Å². The van der Waals surface area contributed by atoms with E-state index in [1.54, 1.807) is 78.8 Å². The normalized spacial score (nSPS) is 16.1. The van der Waals surface area contributed by atoms with Gasteiger partial charge in [0.25, 0.3) is 0 Å². The Hall–Kier alpha value is -3.30. The third kappa shape index (κ3) is 9.29. The lowest BCUT2D eigenvalue weighted by molar-refractivity contribution is 0.0327. The first kappa shape index (κ1) is 28.7. The number of hydrogen-bond acceptors (Lipinski definition) is 5. The van der Waals surface area contributed by atoms with E-state index in [1.165, 1.54) is 14.7 Å². The Morgan fingerprint density at radius 1 is 1.06 bits per heavy atom. The summed E-state index contributed by atoms with van der Waals surface area (Å²) < 4.78 is 11.0. The minimum absolute atomic E-state index is 0.0149. The van der Waals surface area contributed by atoms with Crippen LogP contribution in [0.25, 0.3) is 0 Å². The van der Waals surface area contributed by atoms with E-state index in [1.807, 2.05) is 13.0 Å². The monoisotopic (exact) mass is 477 g/mol. The molecule has 10 nitrogen and oxygen atoms in total. The Morgan fingerprint density at radius 3 is 2.03 bits per heavy atom. The summed E-state index contributed by atoms with van der Waals surface area (Å²) in [5, 5.41) is 0. The second-order valence-electron chi connectivity index (χ2n) is 9.92. The van der Waals surface area contributed by atoms with Crippen molar-refractivity contribution in [1.29, 1.82) is 0 Å². The first-order valence-corrected chi connectivity index (χ1v) is 11.1. The third-order valence-corrected chi connectivity index (χ3v) is 4.30. The zero-order valence-corrected chi connectivity index (χ0v) is 21.9. The van der Waals surface area contributed by atoms with Gasteiger partial charge in [0, 0.05) is 14.1 Å². The lowest BCUT2D eigenvalue weighted by atomic mass is 10.2. The fourth-order valence-corrected chi connectivity index (χ4v) is 2.91. The van der Waals surface area contributed by atoms with Crippen LogP contribution in [-0.4, -0.2) is 89.0 Å². The Balaban J connectivity index is 3.59. The van der Waals surface area contributed by atoms with Gasteiger partial charge in [0.1, 0.15) is 11.2 Å². The van der Waals surface area contributed by atoms with E-state index in [0.29, 0.717) is 0 Å². The van der Waals surface area contributed by atoms with Crippen molar-refractivity contribution in [3.63, 3.8) is 0 Å². The van der Waals surface area contributed by atoms with Crippen molar-refractivity contribution in [3.8, 4) is 0 Å². The van der Waals surface area contributed by atoms with Crippen LogP contribution in [0.15, 0.2) is 41.4 Å². The van der Waals surface area contributed by atoms with Gasteiger partial charge in [-0.2, -0.15) is 0 Å². The number of guanidine groups is 1. The number of amides is 4. The van der Waals surface area contributed by atoms with E-state index < -0.39 is 23.4 Å². The molecule has 1 saturated heterocycles. The van der Waals surface area contributed by atoms with Crippen molar-refractivity contribution >= 4 is 24.2 Å². The van der Waals surface area contributed by atoms with Gasteiger partial charge in [0.05, 0.1) is 19.9 Å². The van der Waals surface area contributed by atoms with Crippen LogP contribution >= 0.6 is 0 Å². The van der Waals surface area contributed by atoms with Crippen LogP contribution in [0.2, 0.25) is 0 Å². The molecule has 0 N–H and O–H groups in total. The van der Waals surface area contributed by atoms with Crippen molar-refractivity contribution in [2.24, 2.45) is 4.99 Å². The quantitative estimate of drug-likeness (QED) is 0.338. The molecule has 190 valence electrons. The second-order valence-corrected chi connectivity index (χ2v) is 9.92. The molecule has 0 spiro atoms. The largest absolute Gasteiger partial charge is 0.443 e. The van der Waals surface area contributed by atoms with E-state index in [0.717, 1.165) is 5.57 Å². The summed E-state index contributed by atoms with van der Waals surface area (Å²) in [6.07, 6.45) is 5.45. The number of carbonyl (C=O) groups excluding carboxylic acids is 3. The average Bonchev–Trinajstić information content (AvgIpc) is 2.67. The summed E-state index contributed by atoms with van der Waals surface area (Å²) in [5.74, 6) is 0.0149. The Labute approximate surface area is 203 Å². The van der Waals surface area contributed by atoms with Crippen molar-refractivity contribution in [3.05, 3.63) is 36.5 Å². The third-order valence-electron chi connectivity index (χ3n) is 4.30. The molecule has 1 aliphatic heterocycles. The average molecular weight is 478 g/mol. The van der Waals surface area contributed by atoms with Crippen molar-refractivity contribution in [2.75, 3.05) is 34.0 Å².